The van der Waals surface area contributed by atoms with Crippen molar-refractivity contribution >= 4 is 21.4 Å². The summed E-state index contributed by atoms with van der Waals surface area (Å²) in [6.45, 7) is 0. The molecule has 0 saturated carbocycles. The Kier molecular flexibility index (Phi) is 4.79. The maximum absolute atomic E-state index is 12.4. The Morgan fingerprint density at radius 3 is 2.11 bits per heavy atom. The molecule has 0 fully saturated rings. The molecule has 0 saturated heterocycles. The van der Waals surface area contributed by atoms with Crippen LogP contribution in [0.15, 0.2) is 39.5 Å². The lowest BCUT2D eigenvalue weighted by Crippen LogP contribution is -2.07. The van der Waals surface area contributed by atoms with Crippen molar-refractivity contribution in [3.8, 4) is 40.1 Å². The summed E-state index contributed by atoms with van der Waals surface area (Å²) < 4.78 is 50.6. The lowest BCUT2D eigenvalue weighted by Gasteiger charge is -2.11. The fraction of sp³-hybridized carbons (Fsp3) is 0.118. The van der Waals surface area contributed by atoms with Crippen molar-refractivity contribution in [2.24, 2.45) is 0 Å². The summed E-state index contributed by atoms with van der Waals surface area (Å²) in [6, 6.07) is 5.74. The number of phenols is 2. The number of ether oxygens (including phenoxy) is 2. The van der Waals surface area contributed by atoms with Crippen LogP contribution in [0.5, 0.6) is 28.7 Å². The van der Waals surface area contributed by atoms with E-state index in [2.05, 4.69) is 4.18 Å². The van der Waals surface area contributed by atoms with Crippen molar-refractivity contribution in [1.82, 2.24) is 0 Å². The number of benzene rings is 2. The molecule has 1 aromatic heterocycles. The molecule has 0 radical (unpaired) electrons. The first-order chi connectivity index (χ1) is 13.1. The minimum atomic E-state index is -4.85. The van der Waals surface area contributed by atoms with Crippen LogP contribution in [-0.4, -0.2) is 37.4 Å². The van der Waals surface area contributed by atoms with E-state index in [4.69, 9.17) is 18.4 Å². The fourth-order valence-electron chi connectivity index (χ4n) is 2.59. The monoisotopic (exact) mass is 410 g/mol. The number of phenolic OH excluding ortho intramolecular Hbond substituents is 2. The summed E-state index contributed by atoms with van der Waals surface area (Å²) in [5, 5.41) is 19.8. The van der Waals surface area contributed by atoms with Crippen LogP contribution in [0.1, 0.15) is 0 Å². The zero-order chi connectivity index (χ0) is 20.6. The second kappa shape index (κ2) is 6.94. The maximum atomic E-state index is 12.4. The van der Waals surface area contributed by atoms with E-state index in [-0.39, 0.29) is 34.0 Å². The van der Waals surface area contributed by atoms with Crippen LogP contribution >= 0.6 is 0 Å². The molecule has 3 rings (SSSR count). The molecule has 3 N–H and O–H groups in total. The molecule has 0 bridgehead atoms. The highest BCUT2D eigenvalue weighted by atomic mass is 32.3. The second-order valence-corrected chi connectivity index (χ2v) is 6.55. The average Bonchev–Trinajstić information content (AvgIpc) is 2.59. The van der Waals surface area contributed by atoms with E-state index in [1.807, 2.05) is 0 Å². The van der Waals surface area contributed by atoms with Crippen molar-refractivity contribution in [3.05, 3.63) is 40.6 Å². The summed E-state index contributed by atoms with van der Waals surface area (Å²) in [6.07, 6.45) is 0. The largest absolute Gasteiger partial charge is 0.507 e. The molecule has 0 unspecified atom stereocenters. The molecule has 0 aliphatic carbocycles. The van der Waals surface area contributed by atoms with E-state index in [0.29, 0.717) is 5.56 Å². The molecule has 10 nitrogen and oxygen atoms in total. The van der Waals surface area contributed by atoms with Gasteiger partial charge in [-0.05, 0) is 12.1 Å². The van der Waals surface area contributed by atoms with E-state index >= 15 is 0 Å². The molecule has 0 aliphatic rings. The Labute approximate surface area is 158 Å². The molecule has 3 aromatic rings. The normalized spacial score (nSPS) is 11.4. The van der Waals surface area contributed by atoms with Gasteiger partial charge >= 0.3 is 10.4 Å². The predicted octanol–water partition coefficient (Wildman–Crippen LogP) is 2.07. The van der Waals surface area contributed by atoms with Crippen molar-refractivity contribution in [3.63, 3.8) is 0 Å². The molecule has 0 spiro atoms. The number of aromatic hydroxyl groups is 2. The van der Waals surface area contributed by atoms with Crippen LogP contribution in [0.2, 0.25) is 0 Å². The molecule has 0 amide bonds. The van der Waals surface area contributed by atoms with Gasteiger partial charge in [0.25, 0.3) is 0 Å². The zero-order valence-electron chi connectivity index (χ0n) is 14.5. The average molecular weight is 410 g/mol. The minimum Gasteiger partial charge on any atom is -0.507 e. The van der Waals surface area contributed by atoms with Gasteiger partial charge in [0.1, 0.15) is 22.5 Å². The Balaban J connectivity index is 2.25. The van der Waals surface area contributed by atoms with Gasteiger partial charge in [-0.1, -0.05) is 0 Å². The van der Waals surface area contributed by atoms with Crippen LogP contribution < -0.4 is 19.1 Å². The molecule has 0 aliphatic heterocycles. The molecule has 11 heteroatoms. The molecule has 148 valence electrons. The van der Waals surface area contributed by atoms with Gasteiger partial charge in [0.05, 0.1) is 14.2 Å². The summed E-state index contributed by atoms with van der Waals surface area (Å²) in [5.41, 5.74) is -0.531. The lowest BCUT2D eigenvalue weighted by molar-refractivity contribution is 0.340. The van der Waals surface area contributed by atoms with Crippen LogP contribution in [0.3, 0.4) is 0 Å². The van der Waals surface area contributed by atoms with Gasteiger partial charge in [0, 0.05) is 23.8 Å². The van der Waals surface area contributed by atoms with E-state index in [1.54, 1.807) is 0 Å². The highest BCUT2D eigenvalue weighted by molar-refractivity contribution is 7.81. The van der Waals surface area contributed by atoms with Crippen molar-refractivity contribution in [2.75, 3.05) is 14.2 Å². The highest BCUT2D eigenvalue weighted by Gasteiger charge is 2.18. The van der Waals surface area contributed by atoms with Gasteiger partial charge in [-0.3, -0.25) is 9.35 Å². The molecular formula is C17H14O10S. The first-order valence-electron chi connectivity index (χ1n) is 7.56. The molecule has 2 aromatic carbocycles. The first kappa shape index (κ1) is 19.3. The smallest absolute Gasteiger partial charge is 0.446 e. The third kappa shape index (κ3) is 3.66. The third-order valence-corrected chi connectivity index (χ3v) is 4.15. The topological polar surface area (TPSA) is 153 Å². The van der Waals surface area contributed by atoms with Gasteiger partial charge < -0.3 is 28.3 Å². The number of rotatable bonds is 5. The summed E-state index contributed by atoms with van der Waals surface area (Å²) in [7, 11) is -2.20. The standard InChI is InChI=1S/C17H14O10S/c1-24-14-3-8(4-15(25-2)17(14)20)12-7-11(19)16-10(18)5-9(6-13(16)26-12)27-28(21,22)23/h3-7,18,20H,1-2H3,(H,21,22,23). The third-order valence-electron chi connectivity index (χ3n) is 3.75. The van der Waals surface area contributed by atoms with Gasteiger partial charge in [0.15, 0.2) is 22.7 Å². The SMILES string of the molecule is COc1cc(-c2cc(=O)c3c(O)cc(OS(=O)(=O)O)cc3o2)cc(OC)c1O. The van der Waals surface area contributed by atoms with Crippen molar-refractivity contribution < 1.29 is 41.3 Å². The quantitative estimate of drug-likeness (QED) is 0.533. The number of methoxy groups -OCH3 is 2. The number of hydrogen-bond donors (Lipinski definition) is 3. The second-order valence-electron chi connectivity index (χ2n) is 5.53. The van der Waals surface area contributed by atoms with Gasteiger partial charge in [0.2, 0.25) is 5.75 Å². The number of hydrogen-bond acceptors (Lipinski definition) is 9. The first-order valence-corrected chi connectivity index (χ1v) is 8.92. The summed E-state index contributed by atoms with van der Waals surface area (Å²) in [5.74, 6) is -1.19. The van der Waals surface area contributed by atoms with Gasteiger partial charge in [-0.25, -0.2) is 0 Å². The van der Waals surface area contributed by atoms with Crippen LogP contribution in [0.4, 0.5) is 0 Å². The molecule has 1 heterocycles. The Morgan fingerprint density at radius 1 is 0.964 bits per heavy atom. The zero-order valence-corrected chi connectivity index (χ0v) is 15.3. The van der Waals surface area contributed by atoms with E-state index in [9.17, 15) is 23.4 Å². The van der Waals surface area contributed by atoms with E-state index in [0.717, 1.165) is 18.2 Å². The van der Waals surface area contributed by atoms with Crippen LogP contribution in [0.25, 0.3) is 22.3 Å². The fourth-order valence-corrected chi connectivity index (χ4v) is 2.93. The van der Waals surface area contributed by atoms with Crippen molar-refractivity contribution in [2.45, 2.75) is 0 Å². The van der Waals surface area contributed by atoms with Crippen molar-refractivity contribution in [1.29, 1.82) is 0 Å². The Bertz CT molecular complexity index is 1200. The van der Waals surface area contributed by atoms with Gasteiger partial charge in [-0.2, -0.15) is 8.42 Å². The molecule has 0 atom stereocenters. The van der Waals surface area contributed by atoms with Crippen LogP contribution in [-0.2, 0) is 10.4 Å². The van der Waals surface area contributed by atoms with Crippen LogP contribution in [0, 0.1) is 0 Å². The lowest BCUT2D eigenvalue weighted by atomic mass is 10.1. The Hall–Kier alpha value is -3.44. The number of fused-ring (bicyclic) bond motifs is 1. The van der Waals surface area contributed by atoms with E-state index < -0.39 is 27.3 Å². The summed E-state index contributed by atoms with van der Waals surface area (Å²) >= 11 is 0. The Morgan fingerprint density at radius 2 is 1.57 bits per heavy atom. The predicted molar refractivity (Wildman–Crippen MR) is 96.5 cm³/mol. The maximum Gasteiger partial charge on any atom is 0.446 e. The molecular weight excluding hydrogens is 396 g/mol. The summed E-state index contributed by atoms with van der Waals surface area (Å²) in [4.78, 5) is 12.4. The van der Waals surface area contributed by atoms with Gasteiger partial charge in [-0.15, -0.1) is 0 Å². The highest BCUT2D eigenvalue weighted by Crippen LogP contribution is 2.41. The minimum absolute atomic E-state index is 0.0116. The molecule has 28 heavy (non-hydrogen) atoms. The van der Waals surface area contributed by atoms with E-state index in [1.165, 1.54) is 26.4 Å².